The van der Waals surface area contributed by atoms with Gasteiger partial charge in [-0.15, -0.1) is 0 Å². The van der Waals surface area contributed by atoms with Crippen molar-refractivity contribution in [3.8, 4) is 0 Å². The van der Waals surface area contributed by atoms with Gasteiger partial charge in [0.15, 0.2) is 0 Å². The Balaban J connectivity index is 1.69. The van der Waals surface area contributed by atoms with Crippen LogP contribution in [0, 0.1) is 0 Å². The van der Waals surface area contributed by atoms with Crippen molar-refractivity contribution < 1.29 is 14.4 Å². The Labute approximate surface area is 191 Å². The van der Waals surface area contributed by atoms with Crippen LogP contribution in [0.25, 0.3) is 6.08 Å². The van der Waals surface area contributed by atoms with Crippen molar-refractivity contribution >= 4 is 54.4 Å². The van der Waals surface area contributed by atoms with Crippen LogP contribution in [0.5, 0.6) is 0 Å². The molecule has 4 amide bonds. The van der Waals surface area contributed by atoms with Gasteiger partial charge >= 0.3 is 192 Å². The first-order valence-electron chi connectivity index (χ1n) is 10.2. The van der Waals surface area contributed by atoms with Crippen LogP contribution in [0.4, 0.5) is 20.7 Å². The number of fused-ring (bicyclic) bond motifs is 2. The maximum atomic E-state index is 12.6. The quantitative estimate of drug-likeness (QED) is 0.336. The van der Waals surface area contributed by atoms with Gasteiger partial charge in [0.05, 0.1) is 0 Å². The first-order chi connectivity index (χ1) is 15.3. The summed E-state index contributed by atoms with van der Waals surface area (Å²) < 4.78 is 2.11. The predicted molar refractivity (Wildman–Crippen MR) is 124 cm³/mol. The van der Waals surface area contributed by atoms with Crippen molar-refractivity contribution in [3.05, 3.63) is 81.8 Å². The molecule has 0 saturated carbocycles. The number of rotatable bonds is 2. The number of carbonyl (C=O) groups is 3. The average molecular weight is 490 g/mol. The molecule has 2 aromatic carbocycles. The van der Waals surface area contributed by atoms with Crippen molar-refractivity contribution in [1.29, 1.82) is 0 Å². The number of amides is 4. The summed E-state index contributed by atoms with van der Waals surface area (Å²) in [5.74, 6) is -1.23. The number of hydrogen-bond acceptors (Lipinski definition) is 4. The Hall–Kier alpha value is -3.41. The molecule has 0 aliphatic carbocycles. The Morgan fingerprint density at radius 1 is 0.938 bits per heavy atom. The summed E-state index contributed by atoms with van der Waals surface area (Å²) in [5, 5.41) is 2.23. The van der Waals surface area contributed by atoms with E-state index in [-0.39, 0.29) is 25.5 Å². The standard InChI is InChI=1S/C25H21N3O3Se/c1-25(2)18-11-7-8-12-20(18)28(15-9-5-4-6-10-15)23-19(25)14-16(32-23)13-17-21(29)26-24(31)27(3)22(17)30/h4-14H,1-3H3,(H,26,29,31)/b17-13+. The number of nitrogens with zero attached hydrogens (tertiary/aromatic N) is 2. The second-order valence-corrected chi connectivity index (χ2v) is 10.6. The molecular formula is C25H21N3O3Se. The Morgan fingerprint density at radius 2 is 1.62 bits per heavy atom. The molecule has 0 radical (unpaired) electrons. The molecule has 1 aromatic heterocycles. The maximum absolute atomic E-state index is 12.6. The van der Waals surface area contributed by atoms with Crippen molar-refractivity contribution in [2.45, 2.75) is 19.3 Å². The fourth-order valence-electron chi connectivity index (χ4n) is 4.26. The molecule has 1 saturated heterocycles. The van der Waals surface area contributed by atoms with Gasteiger partial charge in [0.2, 0.25) is 0 Å². The van der Waals surface area contributed by atoms with Gasteiger partial charge in [-0.2, -0.15) is 0 Å². The molecule has 1 fully saturated rings. The monoisotopic (exact) mass is 491 g/mol. The van der Waals surface area contributed by atoms with Gasteiger partial charge in [-0.25, -0.2) is 0 Å². The normalized spacial score (nSPS) is 18.5. The third-order valence-corrected chi connectivity index (χ3v) is 8.27. The average Bonchev–Trinajstić information content (AvgIpc) is 3.21. The molecule has 160 valence electrons. The number of anilines is 3. The van der Waals surface area contributed by atoms with Crippen molar-refractivity contribution in [1.82, 2.24) is 10.2 Å². The molecular weight excluding hydrogens is 469 g/mol. The number of hydrogen-bond donors (Lipinski definition) is 1. The number of imide groups is 2. The number of likely N-dealkylation sites (N-methyl/N-ethyl adjacent to an activating group) is 1. The van der Waals surface area contributed by atoms with Gasteiger partial charge in [0.1, 0.15) is 0 Å². The number of para-hydroxylation sites is 2. The Bertz CT molecular complexity index is 1310. The Kier molecular flexibility index (Phi) is 4.69. The zero-order valence-electron chi connectivity index (χ0n) is 17.9. The summed E-state index contributed by atoms with van der Waals surface area (Å²) in [6.07, 6.45) is 1.64. The molecule has 0 bridgehead atoms. The summed E-state index contributed by atoms with van der Waals surface area (Å²) in [5.41, 5.74) is 4.37. The van der Waals surface area contributed by atoms with E-state index in [1.807, 2.05) is 24.3 Å². The van der Waals surface area contributed by atoms with Crippen LogP contribution in [0.2, 0.25) is 0 Å². The van der Waals surface area contributed by atoms with Crippen LogP contribution in [0.15, 0.2) is 66.2 Å². The number of nitrogens with one attached hydrogen (secondary N) is 1. The van der Waals surface area contributed by atoms with Crippen LogP contribution >= 0.6 is 0 Å². The number of urea groups is 1. The van der Waals surface area contributed by atoms with Crippen molar-refractivity contribution in [3.63, 3.8) is 0 Å². The molecule has 3 heterocycles. The van der Waals surface area contributed by atoms with Crippen LogP contribution in [-0.4, -0.2) is 44.3 Å². The number of benzene rings is 2. The van der Waals surface area contributed by atoms with E-state index < -0.39 is 17.8 Å². The van der Waals surface area contributed by atoms with E-state index in [9.17, 15) is 14.4 Å². The van der Waals surface area contributed by atoms with Crippen LogP contribution in [-0.2, 0) is 15.0 Å². The van der Waals surface area contributed by atoms with E-state index >= 15 is 0 Å². The van der Waals surface area contributed by atoms with Gasteiger partial charge in [-0.05, 0) is 0 Å². The van der Waals surface area contributed by atoms with E-state index in [2.05, 4.69) is 60.5 Å². The number of carbonyl (C=O) groups excluding carboxylic acids is 3. The van der Waals surface area contributed by atoms with Crippen LogP contribution in [0.1, 0.15) is 29.4 Å². The third-order valence-electron chi connectivity index (χ3n) is 6.03. The summed E-state index contributed by atoms with van der Waals surface area (Å²) >= 11 is -0.135. The van der Waals surface area contributed by atoms with E-state index in [1.54, 1.807) is 6.08 Å². The zero-order chi connectivity index (χ0) is 22.6. The zero-order valence-corrected chi connectivity index (χ0v) is 19.6. The minimum absolute atomic E-state index is 0.0124. The van der Waals surface area contributed by atoms with E-state index in [4.69, 9.17) is 0 Å². The van der Waals surface area contributed by atoms with E-state index in [0.717, 1.165) is 20.7 Å². The van der Waals surface area contributed by atoms with Crippen molar-refractivity contribution in [2.75, 3.05) is 11.9 Å². The van der Waals surface area contributed by atoms with E-state index in [1.165, 1.54) is 22.7 Å². The molecule has 0 spiro atoms. The minimum atomic E-state index is -0.702. The molecule has 3 aromatic rings. The third kappa shape index (κ3) is 3.05. The van der Waals surface area contributed by atoms with Gasteiger partial charge in [0, 0.05) is 0 Å². The molecule has 2 aliphatic heterocycles. The molecule has 6 nitrogen and oxygen atoms in total. The fourth-order valence-corrected chi connectivity index (χ4v) is 6.98. The summed E-state index contributed by atoms with van der Waals surface area (Å²) in [6, 6.07) is 20.0. The van der Waals surface area contributed by atoms with Crippen molar-refractivity contribution in [2.24, 2.45) is 0 Å². The number of barbiturate groups is 1. The second-order valence-electron chi connectivity index (χ2n) is 8.36. The molecule has 32 heavy (non-hydrogen) atoms. The second kappa shape index (κ2) is 7.33. The van der Waals surface area contributed by atoms with Gasteiger partial charge in [0.25, 0.3) is 0 Å². The van der Waals surface area contributed by atoms with Crippen LogP contribution < -0.4 is 10.2 Å². The van der Waals surface area contributed by atoms with Gasteiger partial charge in [-0.3, -0.25) is 0 Å². The first-order valence-corrected chi connectivity index (χ1v) is 11.9. The topological polar surface area (TPSA) is 69.7 Å². The molecule has 0 unspecified atom stereocenters. The SMILES string of the molecule is CN1C(=O)NC(=O)/C(=C\c2cc3c([se]2)N(c2ccccc2)c2ccccc2C3(C)C)C1=O. The van der Waals surface area contributed by atoms with Gasteiger partial charge in [-0.1, -0.05) is 0 Å². The van der Waals surface area contributed by atoms with Crippen LogP contribution in [0.3, 0.4) is 0 Å². The summed E-state index contributed by atoms with van der Waals surface area (Å²) in [7, 11) is 1.37. The molecule has 1 N–H and O–H groups in total. The Morgan fingerprint density at radius 3 is 2.38 bits per heavy atom. The molecule has 0 atom stereocenters. The fraction of sp³-hybridized carbons (Fsp3) is 0.160. The van der Waals surface area contributed by atoms with E-state index in [0.29, 0.717) is 0 Å². The molecule has 2 aliphatic rings. The first kappa shape index (κ1) is 20.5. The summed E-state index contributed by atoms with van der Waals surface area (Å²) in [4.78, 5) is 39.9. The van der Waals surface area contributed by atoms with Gasteiger partial charge < -0.3 is 0 Å². The molecule has 7 heteroatoms. The molecule has 5 rings (SSSR count). The predicted octanol–water partition coefficient (Wildman–Crippen LogP) is 3.94. The summed E-state index contributed by atoms with van der Waals surface area (Å²) in [6.45, 7) is 4.41.